The molecule has 3 heteroatoms. The van der Waals surface area contributed by atoms with Gasteiger partial charge in [0.15, 0.2) is 0 Å². The largest absolute Gasteiger partial charge is 0.308 e. The number of alkyl halides is 1. The van der Waals surface area contributed by atoms with Crippen molar-refractivity contribution in [3.05, 3.63) is 33.8 Å². The van der Waals surface area contributed by atoms with E-state index in [0.29, 0.717) is 4.83 Å². The number of halogens is 2. The average molecular weight is 321 g/mol. The van der Waals surface area contributed by atoms with Gasteiger partial charge < -0.3 is 4.90 Å². The van der Waals surface area contributed by atoms with Crippen LogP contribution >= 0.6 is 31.9 Å². The normalized spacial score (nSPS) is 13.3. The fourth-order valence-corrected chi connectivity index (χ4v) is 2.40. The van der Waals surface area contributed by atoms with E-state index in [4.69, 9.17) is 0 Å². The number of benzene rings is 1. The molecular formula is C11H15Br2N. The van der Waals surface area contributed by atoms with Gasteiger partial charge in [0.2, 0.25) is 0 Å². The predicted molar refractivity (Wildman–Crippen MR) is 69.1 cm³/mol. The molecule has 0 spiro atoms. The molecule has 0 radical (unpaired) electrons. The van der Waals surface area contributed by atoms with Gasteiger partial charge >= 0.3 is 0 Å². The Labute approximate surface area is 103 Å². The summed E-state index contributed by atoms with van der Waals surface area (Å²) in [5, 5.41) is 0. The second kappa shape index (κ2) is 5.29. The smallest absolute Gasteiger partial charge is 0.0522 e. The minimum absolute atomic E-state index is 0.407. The Hall–Kier alpha value is 0.140. The van der Waals surface area contributed by atoms with E-state index in [1.54, 1.807) is 0 Å². The van der Waals surface area contributed by atoms with Crippen LogP contribution in [0.3, 0.4) is 0 Å². The fourth-order valence-electron chi connectivity index (χ4n) is 1.29. The van der Waals surface area contributed by atoms with Crippen LogP contribution in [0.4, 0.5) is 0 Å². The van der Waals surface area contributed by atoms with Crippen molar-refractivity contribution in [2.45, 2.75) is 11.8 Å². The predicted octanol–water partition coefficient (Wildman–Crippen LogP) is 3.76. The van der Waals surface area contributed by atoms with E-state index in [1.807, 2.05) is 0 Å². The standard InChI is InChI=1S/C11H15Br2N/c1-8-6-9(4-5-10(8)12)11(13)7-14(2)3/h4-6,11H,7H2,1-3H3. The molecule has 1 nitrogen and oxygen atoms in total. The summed E-state index contributed by atoms with van der Waals surface area (Å²) in [5.74, 6) is 0. The van der Waals surface area contributed by atoms with Gasteiger partial charge in [-0.3, -0.25) is 0 Å². The molecule has 0 saturated heterocycles. The van der Waals surface area contributed by atoms with Gasteiger partial charge in [0.05, 0.1) is 4.83 Å². The third-order valence-corrected chi connectivity index (χ3v) is 3.78. The first-order valence-corrected chi connectivity index (χ1v) is 6.26. The van der Waals surface area contributed by atoms with Crippen molar-refractivity contribution >= 4 is 31.9 Å². The van der Waals surface area contributed by atoms with E-state index in [9.17, 15) is 0 Å². The molecule has 0 fully saturated rings. The van der Waals surface area contributed by atoms with E-state index in [2.05, 4.69) is 76.0 Å². The van der Waals surface area contributed by atoms with Gasteiger partial charge in [-0.25, -0.2) is 0 Å². The van der Waals surface area contributed by atoms with Crippen LogP contribution in [0.1, 0.15) is 16.0 Å². The van der Waals surface area contributed by atoms with Crippen molar-refractivity contribution < 1.29 is 0 Å². The Kier molecular flexibility index (Phi) is 4.61. The molecule has 1 atom stereocenters. The number of aryl methyl sites for hydroxylation is 1. The Bertz CT molecular complexity index is 310. The summed E-state index contributed by atoms with van der Waals surface area (Å²) in [4.78, 5) is 2.58. The summed E-state index contributed by atoms with van der Waals surface area (Å²) in [5.41, 5.74) is 2.62. The maximum absolute atomic E-state index is 3.69. The van der Waals surface area contributed by atoms with Crippen LogP contribution in [0.15, 0.2) is 22.7 Å². The highest BCUT2D eigenvalue weighted by Crippen LogP contribution is 2.26. The van der Waals surface area contributed by atoms with Gasteiger partial charge in [0, 0.05) is 11.0 Å². The van der Waals surface area contributed by atoms with Gasteiger partial charge in [-0.05, 0) is 38.2 Å². The quantitative estimate of drug-likeness (QED) is 0.767. The molecule has 0 aliphatic heterocycles. The van der Waals surface area contributed by atoms with Crippen LogP contribution in [-0.4, -0.2) is 25.5 Å². The molecule has 0 amide bonds. The summed E-state index contributed by atoms with van der Waals surface area (Å²) >= 11 is 7.19. The van der Waals surface area contributed by atoms with Gasteiger partial charge in [0.1, 0.15) is 0 Å². The van der Waals surface area contributed by atoms with Crippen LogP contribution in [0.25, 0.3) is 0 Å². The van der Waals surface area contributed by atoms with Crippen molar-refractivity contribution in [2.75, 3.05) is 20.6 Å². The lowest BCUT2D eigenvalue weighted by molar-refractivity contribution is 0.412. The zero-order valence-corrected chi connectivity index (χ0v) is 11.9. The molecule has 1 aromatic carbocycles. The third kappa shape index (κ3) is 3.37. The second-order valence-corrected chi connectivity index (χ2v) is 5.70. The SMILES string of the molecule is Cc1cc(C(Br)CN(C)C)ccc1Br. The first-order valence-electron chi connectivity index (χ1n) is 4.55. The second-order valence-electron chi connectivity index (χ2n) is 3.74. The Morgan fingerprint density at radius 2 is 2.00 bits per heavy atom. The fraction of sp³-hybridized carbons (Fsp3) is 0.455. The van der Waals surface area contributed by atoms with Crippen LogP contribution in [0, 0.1) is 6.92 Å². The highest BCUT2D eigenvalue weighted by molar-refractivity contribution is 9.10. The molecule has 78 valence electrons. The van der Waals surface area contributed by atoms with Crippen molar-refractivity contribution in [1.29, 1.82) is 0 Å². The number of hydrogen-bond acceptors (Lipinski definition) is 1. The average Bonchev–Trinajstić information content (AvgIpc) is 2.08. The zero-order chi connectivity index (χ0) is 10.7. The lowest BCUT2D eigenvalue weighted by atomic mass is 10.1. The third-order valence-electron chi connectivity index (χ3n) is 2.07. The number of likely N-dealkylation sites (N-methyl/N-ethyl adjacent to an activating group) is 1. The van der Waals surface area contributed by atoms with E-state index in [0.717, 1.165) is 6.54 Å². The molecule has 14 heavy (non-hydrogen) atoms. The molecule has 0 aliphatic carbocycles. The highest BCUT2D eigenvalue weighted by atomic mass is 79.9. The molecule has 1 aromatic rings. The molecule has 0 aliphatic rings. The molecule has 0 aromatic heterocycles. The van der Waals surface area contributed by atoms with Crippen LogP contribution in [0.5, 0.6) is 0 Å². The summed E-state index contributed by atoms with van der Waals surface area (Å²) in [7, 11) is 4.17. The minimum Gasteiger partial charge on any atom is -0.308 e. The van der Waals surface area contributed by atoms with Crippen molar-refractivity contribution in [3.63, 3.8) is 0 Å². The van der Waals surface area contributed by atoms with E-state index in [-0.39, 0.29) is 0 Å². The first kappa shape index (κ1) is 12.2. The van der Waals surface area contributed by atoms with Crippen LogP contribution < -0.4 is 0 Å². The van der Waals surface area contributed by atoms with E-state index in [1.165, 1.54) is 15.6 Å². The molecule has 0 saturated carbocycles. The molecule has 0 N–H and O–H groups in total. The minimum atomic E-state index is 0.407. The summed E-state index contributed by atoms with van der Waals surface area (Å²) in [6.07, 6.45) is 0. The Morgan fingerprint density at radius 3 is 2.50 bits per heavy atom. The molecule has 1 rings (SSSR count). The lowest BCUT2D eigenvalue weighted by Crippen LogP contribution is -2.17. The van der Waals surface area contributed by atoms with E-state index >= 15 is 0 Å². The number of nitrogens with zero attached hydrogens (tertiary/aromatic N) is 1. The van der Waals surface area contributed by atoms with E-state index < -0.39 is 0 Å². The summed E-state index contributed by atoms with van der Waals surface area (Å²) < 4.78 is 1.17. The highest BCUT2D eigenvalue weighted by Gasteiger charge is 2.09. The van der Waals surface area contributed by atoms with Gasteiger partial charge in [-0.1, -0.05) is 44.0 Å². The molecule has 0 bridgehead atoms. The summed E-state index contributed by atoms with van der Waals surface area (Å²) in [6.45, 7) is 3.13. The summed E-state index contributed by atoms with van der Waals surface area (Å²) in [6, 6.07) is 6.47. The van der Waals surface area contributed by atoms with Crippen molar-refractivity contribution in [3.8, 4) is 0 Å². The number of hydrogen-bond donors (Lipinski definition) is 0. The monoisotopic (exact) mass is 319 g/mol. The van der Waals surface area contributed by atoms with Gasteiger partial charge in [-0.15, -0.1) is 0 Å². The Morgan fingerprint density at radius 1 is 1.36 bits per heavy atom. The van der Waals surface area contributed by atoms with Gasteiger partial charge in [0.25, 0.3) is 0 Å². The molecular weight excluding hydrogens is 306 g/mol. The first-order chi connectivity index (χ1) is 6.50. The lowest BCUT2D eigenvalue weighted by Gasteiger charge is -2.16. The van der Waals surface area contributed by atoms with Gasteiger partial charge in [-0.2, -0.15) is 0 Å². The van der Waals surface area contributed by atoms with Crippen LogP contribution in [0.2, 0.25) is 0 Å². The van der Waals surface area contributed by atoms with Crippen LogP contribution in [-0.2, 0) is 0 Å². The molecule has 1 unspecified atom stereocenters. The molecule has 0 heterocycles. The zero-order valence-electron chi connectivity index (χ0n) is 8.72. The van der Waals surface area contributed by atoms with Crippen molar-refractivity contribution in [1.82, 2.24) is 4.90 Å². The maximum atomic E-state index is 3.69. The maximum Gasteiger partial charge on any atom is 0.0522 e. The Balaban J connectivity index is 2.80. The topological polar surface area (TPSA) is 3.24 Å². The van der Waals surface area contributed by atoms with Crippen molar-refractivity contribution in [2.24, 2.45) is 0 Å². The number of rotatable bonds is 3.